The molecule has 0 saturated heterocycles. The van der Waals surface area contributed by atoms with Crippen molar-refractivity contribution in [2.24, 2.45) is 11.7 Å². The molecular formula is C19H38N2. The van der Waals surface area contributed by atoms with Crippen molar-refractivity contribution >= 4 is 5.84 Å². The predicted octanol–water partition coefficient (Wildman–Crippen LogP) is 6.21. The Bertz CT molecular complexity index is 258. The summed E-state index contributed by atoms with van der Waals surface area (Å²) in [6.07, 6.45) is 21.8. The van der Waals surface area contributed by atoms with Crippen LogP contribution in [-0.4, -0.2) is 5.84 Å². The van der Waals surface area contributed by atoms with Crippen molar-refractivity contribution in [2.45, 2.75) is 97.3 Å². The van der Waals surface area contributed by atoms with Crippen LogP contribution in [0.4, 0.5) is 0 Å². The predicted molar refractivity (Wildman–Crippen MR) is 95.9 cm³/mol. The van der Waals surface area contributed by atoms with E-state index in [2.05, 4.69) is 19.1 Å². The fraction of sp³-hybridized carbons (Fsp3) is 0.842. The second-order valence-corrected chi connectivity index (χ2v) is 6.38. The first-order chi connectivity index (χ1) is 10.2. The second-order valence-electron chi connectivity index (χ2n) is 6.38. The molecule has 2 heteroatoms. The van der Waals surface area contributed by atoms with E-state index in [1.165, 1.54) is 77.0 Å². The van der Waals surface area contributed by atoms with E-state index in [1.54, 1.807) is 0 Å². The van der Waals surface area contributed by atoms with Gasteiger partial charge in [-0.3, -0.25) is 5.41 Å². The van der Waals surface area contributed by atoms with Gasteiger partial charge in [-0.2, -0.15) is 0 Å². The highest BCUT2D eigenvalue weighted by Gasteiger charge is 2.03. The number of nitrogens with two attached hydrogens (primary N) is 1. The Morgan fingerprint density at radius 1 is 0.857 bits per heavy atom. The highest BCUT2D eigenvalue weighted by atomic mass is 14.7. The van der Waals surface area contributed by atoms with Crippen LogP contribution in [0.15, 0.2) is 12.2 Å². The second kappa shape index (κ2) is 15.6. The summed E-state index contributed by atoms with van der Waals surface area (Å²) < 4.78 is 0. The lowest BCUT2D eigenvalue weighted by Gasteiger charge is -2.08. The van der Waals surface area contributed by atoms with Gasteiger partial charge in [0.2, 0.25) is 0 Å². The molecule has 21 heavy (non-hydrogen) atoms. The minimum Gasteiger partial charge on any atom is -0.387 e. The third-order valence-corrected chi connectivity index (χ3v) is 4.18. The Balaban J connectivity index is 3.17. The molecule has 0 amide bonds. The highest BCUT2D eigenvalue weighted by molar-refractivity contribution is 5.79. The fourth-order valence-corrected chi connectivity index (χ4v) is 2.50. The number of allylic oxidation sites excluding steroid dienone is 2. The molecule has 2 nitrogen and oxygen atoms in total. The summed E-state index contributed by atoms with van der Waals surface area (Å²) in [6.45, 7) is 4.32. The normalized spacial score (nSPS) is 12.9. The van der Waals surface area contributed by atoms with Gasteiger partial charge in [-0.25, -0.2) is 0 Å². The summed E-state index contributed by atoms with van der Waals surface area (Å²) in [5.74, 6) is 0.606. The maximum Gasteiger partial charge on any atom is 0.0934 e. The van der Waals surface area contributed by atoms with E-state index in [0.717, 1.165) is 6.42 Å². The van der Waals surface area contributed by atoms with Crippen LogP contribution < -0.4 is 5.73 Å². The number of unbranched alkanes of at least 4 members (excludes halogenated alkanes) is 10. The smallest absolute Gasteiger partial charge is 0.0934 e. The fourth-order valence-electron chi connectivity index (χ4n) is 2.50. The third-order valence-electron chi connectivity index (χ3n) is 4.18. The van der Waals surface area contributed by atoms with Crippen LogP contribution in [0.2, 0.25) is 0 Å². The zero-order valence-electron chi connectivity index (χ0n) is 14.5. The lowest BCUT2D eigenvalue weighted by Crippen LogP contribution is -2.19. The standard InChI is InChI=1S/C19H38N2/c1-3-4-5-6-7-8-9-10-11-12-13-14-15-16-17-18(2)19(20)21/h10-11,18H,3-9,12-17H2,1-2H3,(H3,20,21). The van der Waals surface area contributed by atoms with Crippen LogP contribution in [-0.2, 0) is 0 Å². The number of hydrogen-bond donors (Lipinski definition) is 2. The summed E-state index contributed by atoms with van der Waals surface area (Å²) in [4.78, 5) is 0. The minimum atomic E-state index is 0.266. The minimum absolute atomic E-state index is 0.266. The molecule has 0 aromatic rings. The summed E-state index contributed by atoms with van der Waals surface area (Å²) in [6, 6.07) is 0. The Morgan fingerprint density at radius 2 is 1.33 bits per heavy atom. The van der Waals surface area contributed by atoms with Crippen LogP contribution in [0.3, 0.4) is 0 Å². The highest BCUT2D eigenvalue weighted by Crippen LogP contribution is 2.12. The van der Waals surface area contributed by atoms with Gasteiger partial charge >= 0.3 is 0 Å². The molecular weight excluding hydrogens is 256 g/mol. The van der Waals surface area contributed by atoms with Crippen molar-refractivity contribution in [1.29, 1.82) is 5.41 Å². The van der Waals surface area contributed by atoms with Crippen LogP contribution in [0, 0.1) is 11.3 Å². The van der Waals surface area contributed by atoms with Gasteiger partial charge in [-0.15, -0.1) is 0 Å². The number of rotatable bonds is 15. The van der Waals surface area contributed by atoms with E-state index in [0.29, 0.717) is 5.84 Å². The topological polar surface area (TPSA) is 49.9 Å². The van der Waals surface area contributed by atoms with Crippen molar-refractivity contribution in [3.05, 3.63) is 12.2 Å². The first-order valence-electron chi connectivity index (χ1n) is 9.17. The number of amidine groups is 1. The van der Waals surface area contributed by atoms with E-state index in [4.69, 9.17) is 11.1 Å². The Labute approximate surface area is 133 Å². The molecule has 124 valence electrons. The SMILES string of the molecule is CCCCCCCCC=CCCCCCCC(C)C(=N)N. The van der Waals surface area contributed by atoms with Crippen LogP contribution >= 0.6 is 0 Å². The van der Waals surface area contributed by atoms with Crippen molar-refractivity contribution in [2.75, 3.05) is 0 Å². The molecule has 3 N–H and O–H groups in total. The molecule has 0 bridgehead atoms. The van der Waals surface area contributed by atoms with E-state index >= 15 is 0 Å². The molecule has 0 heterocycles. The molecule has 1 unspecified atom stereocenters. The average molecular weight is 295 g/mol. The van der Waals surface area contributed by atoms with Gasteiger partial charge < -0.3 is 5.73 Å². The van der Waals surface area contributed by atoms with E-state index in [9.17, 15) is 0 Å². The van der Waals surface area contributed by atoms with Gasteiger partial charge in [-0.1, -0.05) is 77.4 Å². The van der Waals surface area contributed by atoms with Crippen molar-refractivity contribution in [3.8, 4) is 0 Å². The molecule has 0 rings (SSSR count). The first-order valence-corrected chi connectivity index (χ1v) is 9.17. The van der Waals surface area contributed by atoms with Gasteiger partial charge in [0.25, 0.3) is 0 Å². The molecule has 0 aliphatic heterocycles. The molecule has 0 aliphatic rings. The third kappa shape index (κ3) is 15.4. The van der Waals surface area contributed by atoms with Crippen molar-refractivity contribution in [3.63, 3.8) is 0 Å². The molecule has 1 atom stereocenters. The Hall–Kier alpha value is -0.790. The summed E-state index contributed by atoms with van der Waals surface area (Å²) in [5, 5.41) is 7.34. The Kier molecular flexibility index (Phi) is 15.0. The Morgan fingerprint density at radius 3 is 1.86 bits per heavy atom. The first kappa shape index (κ1) is 20.2. The molecule has 0 radical (unpaired) electrons. The van der Waals surface area contributed by atoms with Crippen molar-refractivity contribution < 1.29 is 0 Å². The zero-order chi connectivity index (χ0) is 15.8. The van der Waals surface area contributed by atoms with Gasteiger partial charge in [0, 0.05) is 5.92 Å². The van der Waals surface area contributed by atoms with Gasteiger partial charge in [-0.05, 0) is 32.1 Å². The lowest BCUT2D eigenvalue weighted by atomic mass is 10.0. The maximum atomic E-state index is 7.34. The average Bonchev–Trinajstić information content (AvgIpc) is 2.47. The van der Waals surface area contributed by atoms with Gasteiger partial charge in [0.1, 0.15) is 0 Å². The van der Waals surface area contributed by atoms with Crippen LogP contribution in [0.1, 0.15) is 97.3 Å². The molecule has 0 saturated carbocycles. The van der Waals surface area contributed by atoms with E-state index < -0.39 is 0 Å². The van der Waals surface area contributed by atoms with E-state index in [1.807, 2.05) is 6.92 Å². The molecule has 0 spiro atoms. The molecule has 0 fully saturated rings. The summed E-state index contributed by atoms with van der Waals surface area (Å²) in [5.41, 5.74) is 5.46. The number of nitrogens with one attached hydrogen (secondary N) is 1. The van der Waals surface area contributed by atoms with Gasteiger partial charge in [0.05, 0.1) is 5.84 Å². The number of hydrogen-bond acceptors (Lipinski definition) is 1. The van der Waals surface area contributed by atoms with E-state index in [-0.39, 0.29) is 5.92 Å². The molecule has 0 aromatic heterocycles. The maximum absolute atomic E-state index is 7.34. The largest absolute Gasteiger partial charge is 0.387 e. The quantitative estimate of drug-likeness (QED) is 0.160. The summed E-state index contributed by atoms with van der Waals surface area (Å²) in [7, 11) is 0. The van der Waals surface area contributed by atoms with Crippen LogP contribution in [0.25, 0.3) is 0 Å². The molecule has 0 aliphatic carbocycles. The van der Waals surface area contributed by atoms with Crippen molar-refractivity contribution in [1.82, 2.24) is 0 Å². The van der Waals surface area contributed by atoms with Crippen LogP contribution in [0.5, 0.6) is 0 Å². The van der Waals surface area contributed by atoms with Gasteiger partial charge in [0.15, 0.2) is 0 Å². The lowest BCUT2D eigenvalue weighted by molar-refractivity contribution is 0.568. The summed E-state index contributed by atoms with van der Waals surface area (Å²) >= 11 is 0. The monoisotopic (exact) mass is 294 g/mol. The zero-order valence-corrected chi connectivity index (χ0v) is 14.5. The molecule has 0 aromatic carbocycles.